The first-order valence-corrected chi connectivity index (χ1v) is 6.63. The van der Waals surface area contributed by atoms with Crippen LogP contribution < -0.4 is 0 Å². The average molecular weight is 283 g/mol. The quantitative estimate of drug-likeness (QED) is 0.809. The van der Waals surface area contributed by atoms with Crippen LogP contribution in [0, 0.1) is 0 Å². The zero-order valence-electron chi connectivity index (χ0n) is 9.63. The number of hydrogen-bond donors (Lipinski definition) is 0. The Hall–Kier alpha value is -1.73. The predicted molar refractivity (Wildman–Crippen MR) is 68.1 cm³/mol. The van der Waals surface area contributed by atoms with Gasteiger partial charge in [0.25, 0.3) is 0 Å². The molecule has 0 aromatic carbocycles. The molecule has 7 heteroatoms. The number of thiazole rings is 1. The normalized spacial score (nSPS) is 10.1. The Morgan fingerprint density at radius 1 is 1.17 bits per heavy atom. The predicted octanol–water partition coefficient (Wildman–Crippen LogP) is 2.44. The minimum atomic E-state index is -0.492. The van der Waals surface area contributed by atoms with Crippen LogP contribution in [0.25, 0.3) is 9.88 Å². The van der Waals surface area contributed by atoms with Crippen molar-refractivity contribution in [3.05, 3.63) is 28.1 Å². The second kappa shape index (κ2) is 5.28. The van der Waals surface area contributed by atoms with Gasteiger partial charge in [0.2, 0.25) is 0 Å². The first-order valence-electron chi connectivity index (χ1n) is 4.87. The van der Waals surface area contributed by atoms with E-state index in [2.05, 4.69) is 14.5 Å². The number of carbonyl (C=O) groups is 2. The lowest BCUT2D eigenvalue weighted by molar-refractivity contribution is 0.0590. The molecule has 0 saturated carbocycles. The van der Waals surface area contributed by atoms with Gasteiger partial charge in [-0.2, -0.15) is 0 Å². The zero-order chi connectivity index (χ0) is 13.1. The second-order valence-electron chi connectivity index (χ2n) is 3.18. The first kappa shape index (κ1) is 12.7. The molecule has 0 atom stereocenters. The molecule has 94 valence electrons. The fraction of sp³-hybridized carbons (Fsp3) is 0.182. The largest absolute Gasteiger partial charge is 0.465 e. The minimum absolute atomic E-state index is 0.238. The number of esters is 2. The summed E-state index contributed by atoms with van der Waals surface area (Å²) < 4.78 is 9.27. The molecule has 2 rings (SSSR count). The van der Waals surface area contributed by atoms with Gasteiger partial charge in [-0.1, -0.05) is 0 Å². The van der Waals surface area contributed by atoms with E-state index < -0.39 is 11.9 Å². The van der Waals surface area contributed by atoms with E-state index in [1.165, 1.54) is 36.9 Å². The highest BCUT2D eigenvalue weighted by Gasteiger charge is 2.19. The molecule has 0 spiro atoms. The molecule has 0 fully saturated rings. The van der Waals surface area contributed by atoms with Crippen LogP contribution in [0.3, 0.4) is 0 Å². The number of carbonyl (C=O) groups excluding carboxylic acids is 2. The molecule has 5 nitrogen and oxygen atoms in total. The maximum atomic E-state index is 11.5. The fourth-order valence-electron chi connectivity index (χ4n) is 1.32. The Morgan fingerprint density at radius 3 is 2.56 bits per heavy atom. The highest BCUT2D eigenvalue weighted by atomic mass is 32.1. The van der Waals surface area contributed by atoms with Gasteiger partial charge >= 0.3 is 11.9 Å². The van der Waals surface area contributed by atoms with Crippen LogP contribution in [0.5, 0.6) is 0 Å². The molecule has 0 radical (unpaired) electrons. The molecular formula is C11H9NO4S2. The van der Waals surface area contributed by atoms with Crippen LogP contribution in [0.2, 0.25) is 0 Å². The molecule has 2 aromatic rings. The number of nitrogens with zero attached hydrogens (tertiary/aromatic N) is 1. The van der Waals surface area contributed by atoms with Crippen molar-refractivity contribution in [2.24, 2.45) is 0 Å². The van der Waals surface area contributed by atoms with E-state index in [-0.39, 0.29) is 5.69 Å². The number of hydrogen-bond acceptors (Lipinski definition) is 7. The molecule has 0 aliphatic carbocycles. The third kappa shape index (κ3) is 2.27. The van der Waals surface area contributed by atoms with Gasteiger partial charge in [0.1, 0.15) is 5.01 Å². The number of rotatable bonds is 3. The van der Waals surface area contributed by atoms with Gasteiger partial charge < -0.3 is 9.47 Å². The molecule has 18 heavy (non-hydrogen) atoms. The third-order valence-corrected chi connectivity index (χ3v) is 4.07. The molecule has 0 saturated heterocycles. The molecule has 2 heterocycles. The van der Waals surface area contributed by atoms with E-state index in [9.17, 15) is 9.59 Å². The first-order chi connectivity index (χ1) is 8.67. The summed E-state index contributed by atoms with van der Waals surface area (Å²) in [5.41, 5.74) is 0.690. The minimum Gasteiger partial charge on any atom is -0.465 e. The van der Waals surface area contributed by atoms with Crippen molar-refractivity contribution in [3.8, 4) is 9.88 Å². The smallest absolute Gasteiger partial charge is 0.357 e. The van der Waals surface area contributed by atoms with Gasteiger partial charge in [0, 0.05) is 5.38 Å². The number of ether oxygens (including phenoxy) is 2. The van der Waals surface area contributed by atoms with E-state index >= 15 is 0 Å². The molecule has 0 N–H and O–H groups in total. The summed E-state index contributed by atoms with van der Waals surface area (Å²) in [4.78, 5) is 27.7. The molecule has 0 amide bonds. The van der Waals surface area contributed by atoms with Crippen molar-refractivity contribution >= 4 is 34.6 Å². The summed E-state index contributed by atoms with van der Waals surface area (Å²) in [6.45, 7) is 0. The lowest BCUT2D eigenvalue weighted by atomic mass is 10.2. The summed E-state index contributed by atoms with van der Waals surface area (Å²) in [7, 11) is 2.62. The highest BCUT2D eigenvalue weighted by Crippen LogP contribution is 2.32. The van der Waals surface area contributed by atoms with Gasteiger partial charge in [0.05, 0.1) is 24.7 Å². The maximum Gasteiger partial charge on any atom is 0.357 e. The number of aromatic nitrogens is 1. The molecule has 0 aliphatic rings. The number of methoxy groups -OCH3 is 2. The Morgan fingerprint density at radius 2 is 1.89 bits per heavy atom. The van der Waals surface area contributed by atoms with Crippen molar-refractivity contribution in [3.63, 3.8) is 0 Å². The van der Waals surface area contributed by atoms with Crippen molar-refractivity contribution < 1.29 is 19.1 Å². The topological polar surface area (TPSA) is 65.5 Å². The van der Waals surface area contributed by atoms with E-state index in [0.29, 0.717) is 15.4 Å². The van der Waals surface area contributed by atoms with Crippen LogP contribution in [-0.2, 0) is 9.47 Å². The SMILES string of the molecule is COC(=O)c1csc(-c2sccc2C(=O)OC)n1. The lowest BCUT2D eigenvalue weighted by Crippen LogP contribution is -2.02. The molecule has 0 unspecified atom stereocenters. The van der Waals surface area contributed by atoms with Gasteiger partial charge in [-0.3, -0.25) is 0 Å². The van der Waals surface area contributed by atoms with E-state index in [0.717, 1.165) is 0 Å². The fourth-order valence-corrected chi connectivity index (χ4v) is 3.12. The van der Waals surface area contributed by atoms with Gasteiger partial charge in [-0.15, -0.1) is 22.7 Å². The molecular weight excluding hydrogens is 274 g/mol. The monoisotopic (exact) mass is 283 g/mol. The molecule has 0 aliphatic heterocycles. The van der Waals surface area contributed by atoms with Crippen LogP contribution in [0.1, 0.15) is 20.8 Å². The van der Waals surface area contributed by atoms with E-state index in [4.69, 9.17) is 0 Å². The summed E-state index contributed by atoms with van der Waals surface area (Å²) in [5, 5.41) is 3.98. The Bertz CT molecular complexity index is 587. The van der Waals surface area contributed by atoms with Gasteiger partial charge in [0.15, 0.2) is 5.69 Å². The van der Waals surface area contributed by atoms with E-state index in [1.54, 1.807) is 16.8 Å². The summed E-state index contributed by atoms with van der Waals surface area (Å²) >= 11 is 2.66. The lowest BCUT2D eigenvalue weighted by Gasteiger charge is -1.98. The number of thiophene rings is 1. The molecule has 0 bridgehead atoms. The zero-order valence-corrected chi connectivity index (χ0v) is 11.3. The van der Waals surface area contributed by atoms with Crippen LogP contribution >= 0.6 is 22.7 Å². The molecule has 2 aromatic heterocycles. The van der Waals surface area contributed by atoms with Crippen molar-refractivity contribution in [1.82, 2.24) is 4.98 Å². The van der Waals surface area contributed by atoms with Crippen LogP contribution in [-0.4, -0.2) is 31.1 Å². The summed E-state index contributed by atoms with van der Waals surface area (Å²) in [6, 6.07) is 1.67. The average Bonchev–Trinajstić information content (AvgIpc) is 3.04. The Kier molecular flexibility index (Phi) is 3.73. The van der Waals surface area contributed by atoms with Crippen LogP contribution in [0.4, 0.5) is 0 Å². The highest BCUT2D eigenvalue weighted by molar-refractivity contribution is 7.20. The van der Waals surface area contributed by atoms with Crippen LogP contribution in [0.15, 0.2) is 16.8 Å². The van der Waals surface area contributed by atoms with Crippen molar-refractivity contribution in [2.75, 3.05) is 14.2 Å². The van der Waals surface area contributed by atoms with E-state index in [1.807, 2.05) is 0 Å². The van der Waals surface area contributed by atoms with Crippen molar-refractivity contribution in [2.45, 2.75) is 0 Å². The standard InChI is InChI=1S/C11H9NO4S2/c1-15-10(13)6-3-4-17-8(6)9-12-7(5-18-9)11(14)16-2/h3-5H,1-2H3. The van der Waals surface area contributed by atoms with Gasteiger partial charge in [-0.05, 0) is 11.4 Å². The Labute approximate surface area is 111 Å². The summed E-state index contributed by atoms with van der Waals surface area (Å²) in [6.07, 6.45) is 0. The summed E-state index contributed by atoms with van der Waals surface area (Å²) in [5.74, 6) is -0.908. The van der Waals surface area contributed by atoms with Crippen molar-refractivity contribution in [1.29, 1.82) is 0 Å². The van der Waals surface area contributed by atoms with Gasteiger partial charge in [-0.25, -0.2) is 14.6 Å². The third-order valence-electron chi connectivity index (χ3n) is 2.16. The Balaban J connectivity index is 2.38. The maximum absolute atomic E-state index is 11.5. The second-order valence-corrected chi connectivity index (χ2v) is 4.96.